The maximum Gasteiger partial charge on any atom is 0.460 e. The Hall–Kier alpha value is -3.32. The molecule has 0 aliphatic rings. The summed E-state index contributed by atoms with van der Waals surface area (Å²) in [7, 11) is 0. The summed E-state index contributed by atoms with van der Waals surface area (Å²) in [5.41, 5.74) is -1.31. The molecule has 0 amide bonds. The molecule has 0 aliphatic heterocycles. The predicted octanol–water partition coefficient (Wildman–Crippen LogP) is 8.67. The number of alkyl halides is 10. The van der Waals surface area contributed by atoms with E-state index in [1.165, 1.54) is 24.3 Å². The second-order valence-electron chi connectivity index (χ2n) is 10.6. The van der Waals surface area contributed by atoms with E-state index in [1.54, 1.807) is 18.2 Å². The van der Waals surface area contributed by atoms with Gasteiger partial charge in [-0.25, -0.2) is 0 Å². The summed E-state index contributed by atoms with van der Waals surface area (Å²) in [6, 6.07) is 13.7. The van der Waals surface area contributed by atoms with Gasteiger partial charge in [-0.05, 0) is 52.4 Å². The van der Waals surface area contributed by atoms with Crippen LogP contribution in [0.3, 0.4) is 0 Å². The second kappa shape index (κ2) is 11.8. The number of hydrogen-bond acceptors (Lipinski definition) is 3. The highest BCUT2D eigenvalue weighted by atomic mass is 19.4. The van der Waals surface area contributed by atoms with Gasteiger partial charge in [-0.1, -0.05) is 63.2 Å². The molecule has 3 nitrogen and oxygen atoms in total. The Balaban J connectivity index is 2.04. The molecule has 0 aliphatic carbocycles. The van der Waals surface area contributed by atoms with Crippen LogP contribution in [0.5, 0.6) is 11.5 Å². The molecule has 0 saturated heterocycles. The van der Waals surface area contributed by atoms with Crippen LogP contribution >= 0.6 is 0 Å². The van der Waals surface area contributed by atoms with Gasteiger partial charge in [0.25, 0.3) is 0 Å². The van der Waals surface area contributed by atoms with Crippen molar-refractivity contribution in [3.8, 4) is 11.5 Å². The number of rotatable bonds is 9. The topological polar surface area (TPSA) is 41.5 Å². The molecule has 0 fully saturated rings. The number of ether oxygens (including phenoxy) is 1. The Bertz CT molecular complexity index is 1360. The standard InChI is InChI=1S/C29H27F10NO2/c1-25(2,3)19-9-6-12-22(15-19)42-21-11-5-8-18(14-21)24(40-16-23(41)27(32,33)34)17-7-4-10-20(13-17)26(30,31)28(35,36)29(37,38)39/h4-15,23-24,40-41H,16H2,1-3H3. The van der Waals surface area contributed by atoms with Crippen LogP contribution in [-0.4, -0.2) is 36.0 Å². The summed E-state index contributed by atoms with van der Waals surface area (Å²) in [6.07, 6.45) is -14.6. The van der Waals surface area contributed by atoms with Gasteiger partial charge >= 0.3 is 24.2 Å². The second-order valence-corrected chi connectivity index (χ2v) is 10.6. The van der Waals surface area contributed by atoms with E-state index >= 15 is 0 Å². The molecular weight excluding hydrogens is 584 g/mol. The molecule has 42 heavy (non-hydrogen) atoms. The number of aliphatic hydroxyl groups is 1. The summed E-state index contributed by atoms with van der Waals surface area (Å²) in [6.45, 7) is 4.76. The Labute approximate surface area is 235 Å². The van der Waals surface area contributed by atoms with Gasteiger partial charge in [0.15, 0.2) is 6.10 Å². The van der Waals surface area contributed by atoms with Crippen molar-refractivity contribution in [3.05, 3.63) is 95.1 Å². The molecule has 0 aromatic heterocycles. The molecule has 230 valence electrons. The fourth-order valence-electron chi connectivity index (χ4n) is 3.97. The van der Waals surface area contributed by atoms with Crippen molar-refractivity contribution in [1.29, 1.82) is 0 Å². The van der Waals surface area contributed by atoms with Gasteiger partial charge in [-0.15, -0.1) is 0 Å². The van der Waals surface area contributed by atoms with Crippen LogP contribution in [0, 0.1) is 0 Å². The zero-order valence-electron chi connectivity index (χ0n) is 22.4. The molecule has 0 spiro atoms. The molecule has 13 heteroatoms. The van der Waals surface area contributed by atoms with Crippen molar-refractivity contribution < 1.29 is 53.7 Å². The first-order valence-corrected chi connectivity index (χ1v) is 12.4. The summed E-state index contributed by atoms with van der Waals surface area (Å²) >= 11 is 0. The van der Waals surface area contributed by atoms with Gasteiger partial charge in [0.05, 0.1) is 6.04 Å². The molecule has 0 bridgehead atoms. The molecule has 2 unspecified atom stereocenters. The van der Waals surface area contributed by atoms with Crippen LogP contribution in [-0.2, 0) is 11.3 Å². The highest BCUT2D eigenvalue weighted by Crippen LogP contribution is 2.52. The van der Waals surface area contributed by atoms with E-state index in [-0.39, 0.29) is 22.3 Å². The third-order valence-corrected chi connectivity index (χ3v) is 6.35. The van der Waals surface area contributed by atoms with E-state index in [0.717, 1.165) is 17.7 Å². The van der Waals surface area contributed by atoms with Gasteiger partial charge in [0.1, 0.15) is 11.5 Å². The van der Waals surface area contributed by atoms with Crippen LogP contribution < -0.4 is 10.1 Å². The number of benzene rings is 3. The lowest BCUT2D eigenvalue weighted by molar-refractivity contribution is -0.359. The first-order valence-electron chi connectivity index (χ1n) is 12.4. The fraction of sp³-hybridized carbons (Fsp3) is 0.379. The van der Waals surface area contributed by atoms with E-state index in [0.29, 0.717) is 17.9 Å². The zero-order valence-corrected chi connectivity index (χ0v) is 22.4. The molecule has 3 aromatic carbocycles. The van der Waals surface area contributed by atoms with Crippen molar-refractivity contribution in [3.63, 3.8) is 0 Å². The lowest BCUT2D eigenvalue weighted by Crippen LogP contribution is -2.50. The van der Waals surface area contributed by atoms with Gasteiger partial charge in [0.2, 0.25) is 0 Å². The highest BCUT2D eigenvalue weighted by Gasteiger charge is 2.73. The zero-order chi connectivity index (χ0) is 31.7. The summed E-state index contributed by atoms with van der Waals surface area (Å²) < 4.78 is 140. The normalized spacial score (nSPS) is 14.9. The van der Waals surface area contributed by atoms with Crippen LogP contribution in [0.2, 0.25) is 0 Å². The van der Waals surface area contributed by atoms with Gasteiger partial charge in [0, 0.05) is 12.1 Å². The number of aliphatic hydroxyl groups excluding tert-OH is 1. The highest BCUT2D eigenvalue weighted by molar-refractivity contribution is 5.42. The SMILES string of the molecule is CC(C)(C)c1cccc(Oc2cccc(C(NCC(O)C(F)(F)F)c3cccc(C(F)(F)C(F)(F)C(F)(F)F)c3)c2)c1. The van der Waals surface area contributed by atoms with Crippen LogP contribution in [0.1, 0.15) is 49.1 Å². The van der Waals surface area contributed by atoms with Crippen LogP contribution in [0.4, 0.5) is 43.9 Å². The molecule has 2 atom stereocenters. The molecule has 0 radical (unpaired) electrons. The van der Waals surface area contributed by atoms with Crippen molar-refractivity contribution in [2.45, 2.75) is 62.5 Å². The summed E-state index contributed by atoms with van der Waals surface area (Å²) in [4.78, 5) is 0. The average molecular weight is 612 g/mol. The van der Waals surface area contributed by atoms with Crippen LogP contribution in [0.25, 0.3) is 0 Å². The smallest absolute Gasteiger partial charge is 0.457 e. The van der Waals surface area contributed by atoms with Crippen LogP contribution in [0.15, 0.2) is 72.8 Å². The largest absolute Gasteiger partial charge is 0.460 e. The average Bonchev–Trinajstić information content (AvgIpc) is 2.87. The fourth-order valence-corrected chi connectivity index (χ4v) is 3.97. The molecule has 2 N–H and O–H groups in total. The minimum atomic E-state index is -6.59. The van der Waals surface area contributed by atoms with E-state index < -0.39 is 48.5 Å². The Kier molecular flexibility index (Phi) is 9.29. The first-order chi connectivity index (χ1) is 19.1. The van der Waals surface area contributed by atoms with Crippen molar-refractivity contribution in [2.75, 3.05) is 6.54 Å². The number of halogens is 10. The van der Waals surface area contributed by atoms with E-state index in [9.17, 15) is 49.0 Å². The molecule has 0 heterocycles. The van der Waals surface area contributed by atoms with E-state index in [2.05, 4.69) is 5.32 Å². The maximum absolute atomic E-state index is 14.5. The Morgan fingerprint density at radius 1 is 0.690 bits per heavy atom. The molecule has 3 rings (SSSR count). The lowest BCUT2D eigenvalue weighted by Gasteiger charge is -2.29. The van der Waals surface area contributed by atoms with Crippen molar-refractivity contribution in [1.82, 2.24) is 5.32 Å². The molecular formula is C29H27F10NO2. The first kappa shape index (κ1) is 33.2. The van der Waals surface area contributed by atoms with E-state index in [4.69, 9.17) is 4.74 Å². The Morgan fingerprint density at radius 3 is 1.74 bits per heavy atom. The Morgan fingerprint density at radius 2 is 1.19 bits per heavy atom. The van der Waals surface area contributed by atoms with Gasteiger partial charge in [-0.2, -0.15) is 43.9 Å². The third kappa shape index (κ3) is 7.35. The number of hydrogen-bond donors (Lipinski definition) is 2. The molecule has 3 aromatic rings. The van der Waals surface area contributed by atoms with Gasteiger partial charge < -0.3 is 15.2 Å². The minimum Gasteiger partial charge on any atom is -0.457 e. The van der Waals surface area contributed by atoms with Crippen molar-refractivity contribution >= 4 is 0 Å². The maximum atomic E-state index is 14.5. The number of nitrogens with one attached hydrogen (secondary N) is 1. The summed E-state index contributed by atoms with van der Waals surface area (Å²) in [5, 5.41) is 11.8. The third-order valence-electron chi connectivity index (χ3n) is 6.35. The predicted molar refractivity (Wildman–Crippen MR) is 135 cm³/mol. The summed E-state index contributed by atoms with van der Waals surface area (Å²) in [5.74, 6) is -11.6. The quantitative estimate of drug-likeness (QED) is 0.238. The van der Waals surface area contributed by atoms with Gasteiger partial charge in [-0.3, -0.25) is 0 Å². The van der Waals surface area contributed by atoms with E-state index in [1.807, 2.05) is 26.8 Å². The monoisotopic (exact) mass is 611 g/mol. The lowest BCUT2D eigenvalue weighted by atomic mass is 9.87. The van der Waals surface area contributed by atoms with Crippen molar-refractivity contribution in [2.24, 2.45) is 0 Å². The molecule has 0 saturated carbocycles. The minimum absolute atomic E-state index is 0.0805.